The Kier molecular flexibility index (Phi) is 7.14. The van der Waals surface area contributed by atoms with E-state index in [1.54, 1.807) is 31.4 Å². The summed E-state index contributed by atoms with van der Waals surface area (Å²) in [5, 5.41) is 14.9. The lowest BCUT2D eigenvalue weighted by Crippen LogP contribution is -2.30. The highest BCUT2D eigenvalue weighted by Gasteiger charge is 2.41. The largest absolute Gasteiger partial charge is 0.493 e. The summed E-state index contributed by atoms with van der Waals surface area (Å²) in [6.45, 7) is 0.238. The molecule has 3 atom stereocenters. The van der Waals surface area contributed by atoms with Gasteiger partial charge in [-0.2, -0.15) is 0 Å². The molecule has 5 rings (SSSR count). The maximum absolute atomic E-state index is 11.9. The Bertz CT molecular complexity index is 1390. The molecule has 9 heteroatoms. The number of carboxylic acid groups (broad SMARTS) is 1. The summed E-state index contributed by atoms with van der Waals surface area (Å²) < 4.78 is 12.5. The first-order valence-electron chi connectivity index (χ1n) is 11.2. The Morgan fingerprint density at radius 1 is 1.14 bits per heavy atom. The zero-order valence-corrected chi connectivity index (χ0v) is 22.9. The molecule has 0 spiro atoms. The van der Waals surface area contributed by atoms with Gasteiger partial charge in [0, 0.05) is 21.5 Å². The molecule has 1 heterocycles. The number of carboxylic acids is 1. The van der Waals surface area contributed by atoms with Crippen LogP contribution in [0.15, 0.2) is 59.1 Å². The molecule has 0 radical (unpaired) electrons. The van der Waals surface area contributed by atoms with Gasteiger partial charge in [-0.15, -0.1) is 0 Å². The van der Waals surface area contributed by atoms with Crippen LogP contribution in [0.1, 0.15) is 45.4 Å². The van der Waals surface area contributed by atoms with E-state index in [1.165, 1.54) is 0 Å². The van der Waals surface area contributed by atoms with Crippen LogP contribution in [-0.4, -0.2) is 18.2 Å². The molecule has 0 aromatic heterocycles. The molecular formula is C27H21BrCl3NO4. The number of halogens is 4. The predicted molar refractivity (Wildman–Crippen MR) is 146 cm³/mol. The topological polar surface area (TPSA) is 67.8 Å². The summed E-state index contributed by atoms with van der Waals surface area (Å²) in [4.78, 5) is 11.9. The number of aromatic carboxylic acids is 1. The second-order valence-electron chi connectivity index (χ2n) is 8.72. The number of hydrogen-bond donors (Lipinski definition) is 2. The van der Waals surface area contributed by atoms with E-state index in [0.29, 0.717) is 32.3 Å². The first kappa shape index (κ1) is 25.3. The Labute approximate surface area is 232 Å². The number of nitrogens with one attached hydrogen (secondary N) is 1. The highest BCUT2D eigenvalue weighted by molar-refractivity contribution is 9.10. The van der Waals surface area contributed by atoms with E-state index < -0.39 is 5.97 Å². The summed E-state index contributed by atoms with van der Waals surface area (Å²) in [5.41, 5.74) is 3.42. The molecule has 0 bridgehead atoms. The fourth-order valence-corrected chi connectivity index (χ4v) is 6.30. The molecule has 0 unspecified atom stereocenters. The Balaban J connectivity index is 1.50. The number of anilines is 1. The first-order valence-corrected chi connectivity index (χ1v) is 13.1. The van der Waals surface area contributed by atoms with Gasteiger partial charge in [-0.3, -0.25) is 0 Å². The lowest BCUT2D eigenvalue weighted by Gasteiger charge is -2.38. The lowest BCUT2D eigenvalue weighted by molar-refractivity contribution is 0.0695. The fourth-order valence-electron chi connectivity index (χ4n) is 5.04. The standard InChI is InChI=1S/C27H21BrCl3NO4/c1-35-22-10-14(9-19(28)26(22)36-12-13-5-6-15(29)11-21(13)31)24-17-4-2-3-16(17)23-18(27(33)34)7-8-20(30)25(23)32-24/h2-3,5-11,16-17,24,32H,4,12H2,1H3,(H,33,34)/t16-,17-,24+/m1/s1. The molecule has 186 valence electrons. The maximum Gasteiger partial charge on any atom is 0.336 e. The van der Waals surface area contributed by atoms with E-state index in [2.05, 4.69) is 33.4 Å². The number of methoxy groups -OCH3 is 1. The SMILES string of the molecule is COc1cc([C@@H]2Nc3c(Cl)ccc(C(=O)O)c3[C@@H]3C=CC[C@H]32)cc(Br)c1OCc1ccc(Cl)cc1Cl. The van der Waals surface area contributed by atoms with Crippen LogP contribution in [0.3, 0.4) is 0 Å². The third kappa shape index (κ3) is 4.56. The highest BCUT2D eigenvalue weighted by Crippen LogP contribution is 2.53. The van der Waals surface area contributed by atoms with Gasteiger partial charge in [0.15, 0.2) is 11.5 Å². The first-order chi connectivity index (χ1) is 17.3. The monoisotopic (exact) mass is 607 g/mol. The molecule has 0 fully saturated rings. The van der Waals surface area contributed by atoms with Crippen LogP contribution in [0.5, 0.6) is 11.5 Å². The van der Waals surface area contributed by atoms with E-state index in [-0.39, 0.29) is 30.0 Å². The molecule has 0 amide bonds. The van der Waals surface area contributed by atoms with Crippen LogP contribution in [-0.2, 0) is 6.61 Å². The molecule has 3 aromatic rings. The molecule has 2 aliphatic rings. The van der Waals surface area contributed by atoms with Gasteiger partial charge in [-0.25, -0.2) is 4.79 Å². The minimum Gasteiger partial charge on any atom is -0.493 e. The fraction of sp³-hybridized carbons (Fsp3) is 0.222. The normalized spacial score (nSPS) is 19.9. The predicted octanol–water partition coefficient (Wildman–Crippen LogP) is 8.52. The maximum atomic E-state index is 11.9. The summed E-state index contributed by atoms with van der Waals surface area (Å²) in [6, 6.07) is 12.3. The van der Waals surface area contributed by atoms with Crippen molar-refractivity contribution >= 4 is 62.4 Å². The van der Waals surface area contributed by atoms with Gasteiger partial charge < -0.3 is 19.9 Å². The highest BCUT2D eigenvalue weighted by atomic mass is 79.9. The lowest BCUT2D eigenvalue weighted by atomic mass is 9.75. The average Bonchev–Trinajstić information content (AvgIpc) is 3.33. The molecule has 1 aliphatic heterocycles. The van der Waals surface area contributed by atoms with Gasteiger partial charge in [-0.1, -0.05) is 53.0 Å². The number of hydrogen-bond acceptors (Lipinski definition) is 4. The number of ether oxygens (including phenoxy) is 2. The molecular weight excluding hydrogens is 589 g/mol. The van der Waals surface area contributed by atoms with Gasteiger partial charge in [-0.05, 0) is 75.8 Å². The minimum absolute atomic E-state index is 0.0659. The van der Waals surface area contributed by atoms with Crippen molar-refractivity contribution in [3.63, 3.8) is 0 Å². The van der Waals surface area contributed by atoms with Crippen LogP contribution < -0.4 is 14.8 Å². The molecule has 5 nitrogen and oxygen atoms in total. The smallest absolute Gasteiger partial charge is 0.336 e. The van der Waals surface area contributed by atoms with Crippen molar-refractivity contribution in [3.8, 4) is 11.5 Å². The van der Waals surface area contributed by atoms with E-state index >= 15 is 0 Å². The van der Waals surface area contributed by atoms with Gasteiger partial charge in [0.1, 0.15) is 6.61 Å². The van der Waals surface area contributed by atoms with Gasteiger partial charge in [0.2, 0.25) is 0 Å². The number of benzene rings is 3. The Hall–Kier alpha value is -2.38. The molecule has 0 saturated heterocycles. The Morgan fingerprint density at radius 2 is 1.94 bits per heavy atom. The van der Waals surface area contributed by atoms with Crippen molar-refractivity contribution in [1.82, 2.24) is 0 Å². The number of fused-ring (bicyclic) bond motifs is 3. The zero-order valence-electron chi connectivity index (χ0n) is 19.0. The second kappa shape index (κ2) is 10.2. The van der Waals surface area contributed by atoms with Crippen molar-refractivity contribution in [2.45, 2.75) is 25.0 Å². The van der Waals surface area contributed by atoms with E-state index in [4.69, 9.17) is 44.3 Å². The average molecular weight is 610 g/mol. The van der Waals surface area contributed by atoms with Crippen molar-refractivity contribution in [3.05, 3.63) is 96.4 Å². The van der Waals surface area contributed by atoms with Crippen LogP contribution in [0.2, 0.25) is 15.1 Å². The summed E-state index contributed by atoms with van der Waals surface area (Å²) in [5.74, 6) is 0.198. The van der Waals surface area contributed by atoms with Crippen molar-refractivity contribution in [2.24, 2.45) is 5.92 Å². The quantitative estimate of drug-likeness (QED) is 0.274. The third-order valence-electron chi connectivity index (χ3n) is 6.70. The summed E-state index contributed by atoms with van der Waals surface area (Å²) in [6.07, 6.45) is 4.99. The van der Waals surface area contributed by atoms with Crippen molar-refractivity contribution in [1.29, 1.82) is 0 Å². The summed E-state index contributed by atoms with van der Waals surface area (Å²) >= 11 is 22.5. The van der Waals surface area contributed by atoms with Gasteiger partial charge in [0.05, 0.1) is 33.9 Å². The van der Waals surface area contributed by atoms with E-state index in [1.807, 2.05) is 18.2 Å². The number of allylic oxidation sites excluding steroid dienone is 2. The van der Waals surface area contributed by atoms with Gasteiger partial charge >= 0.3 is 5.97 Å². The third-order valence-corrected chi connectivity index (χ3v) is 8.19. The summed E-state index contributed by atoms with van der Waals surface area (Å²) in [7, 11) is 1.59. The number of carbonyl (C=O) groups is 1. The zero-order chi connectivity index (χ0) is 25.6. The van der Waals surface area contributed by atoms with Crippen molar-refractivity contribution in [2.75, 3.05) is 12.4 Å². The van der Waals surface area contributed by atoms with Gasteiger partial charge in [0.25, 0.3) is 0 Å². The van der Waals surface area contributed by atoms with E-state index in [0.717, 1.165) is 27.6 Å². The van der Waals surface area contributed by atoms with Crippen LogP contribution in [0.4, 0.5) is 5.69 Å². The molecule has 0 saturated carbocycles. The second-order valence-corrected chi connectivity index (χ2v) is 10.8. The van der Waals surface area contributed by atoms with Crippen LogP contribution >= 0.6 is 50.7 Å². The van der Waals surface area contributed by atoms with Crippen molar-refractivity contribution < 1.29 is 19.4 Å². The van der Waals surface area contributed by atoms with Crippen LogP contribution in [0, 0.1) is 5.92 Å². The molecule has 2 N–H and O–H groups in total. The van der Waals surface area contributed by atoms with E-state index in [9.17, 15) is 9.90 Å². The van der Waals surface area contributed by atoms with Crippen LogP contribution in [0.25, 0.3) is 0 Å². The molecule has 1 aliphatic carbocycles. The molecule has 36 heavy (non-hydrogen) atoms. The Morgan fingerprint density at radius 3 is 2.67 bits per heavy atom. The minimum atomic E-state index is -0.964. The number of rotatable bonds is 6. The molecule has 3 aromatic carbocycles.